The number of benzene rings is 2. The van der Waals surface area contributed by atoms with Crippen LogP contribution in [0.4, 0.5) is 5.69 Å². The van der Waals surface area contributed by atoms with Crippen LogP contribution in [0.3, 0.4) is 0 Å². The fraction of sp³-hybridized carbons (Fsp3) is 0.222. The van der Waals surface area contributed by atoms with Crippen molar-refractivity contribution < 1.29 is 5.11 Å². The van der Waals surface area contributed by atoms with Gasteiger partial charge in [-0.05, 0) is 42.2 Å². The molecule has 1 aliphatic carbocycles. The van der Waals surface area contributed by atoms with Crippen LogP contribution in [-0.4, -0.2) is 5.11 Å². The Labute approximate surface area is 139 Å². The monoisotopic (exact) mass is 331 g/mol. The van der Waals surface area contributed by atoms with E-state index in [9.17, 15) is 5.11 Å². The Morgan fingerprint density at radius 3 is 2.50 bits per heavy atom. The molecule has 0 amide bonds. The third kappa shape index (κ3) is 2.10. The van der Waals surface area contributed by atoms with E-state index < -0.39 is 0 Å². The van der Waals surface area contributed by atoms with Gasteiger partial charge in [0, 0.05) is 16.5 Å². The van der Waals surface area contributed by atoms with Gasteiger partial charge in [0.1, 0.15) is 5.75 Å². The lowest BCUT2D eigenvalue weighted by Gasteiger charge is -2.38. The number of fused-ring (bicyclic) bond motifs is 3. The van der Waals surface area contributed by atoms with Crippen molar-refractivity contribution in [1.82, 2.24) is 0 Å². The molecule has 0 saturated heterocycles. The number of halogens is 2. The molecule has 2 aliphatic rings. The number of hydrogen-bond acceptors (Lipinski definition) is 2. The SMILES string of the molecule is Oc1ccc(C2Nc3c(Cl)ccc(Cl)c3C3C=CCC32)cc1. The molecule has 4 heteroatoms. The molecular formula is C18H15Cl2NO. The normalized spacial score (nSPS) is 25.5. The molecule has 2 N–H and O–H groups in total. The fourth-order valence-corrected chi connectivity index (χ4v) is 4.14. The van der Waals surface area contributed by atoms with Gasteiger partial charge in [0.15, 0.2) is 0 Å². The number of phenols is 1. The number of rotatable bonds is 1. The van der Waals surface area contributed by atoms with E-state index >= 15 is 0 Å². The number of nitrogens with one attached hydrogen (secondary N) is 1. The molecule has 2 aromatic carbocycles. The van der Waals surface area contributed by atoms with E-state index in [0.29, 0.717) is 10.9 Å². The Kier molecular flexibility index (Phi) is 3.32. The first-order valence-electron chi connectivity index (χ1n) is 7.35. The van der Waals surface area contributed by atoms with E-state index in [1.165, 1.54) is 0 Å². The summed E-state index contributed by atoms with van der Waals surface area (Å²) in [4.78, 5) is 0. The van der Waals surface area contributed by atoms with Gasteiger partial charge >= 0.3 is 0 Å². The summed E-state index contributed by atoms with van der Waals surface area (Å²) < 4.78 is 0. The van der Waals surface area contributed by atoms with Gasteiger partial charge in [-0.2, -0.15) is 0 Å². The molecule has 0 saturated carbocycles. The lowest BCUT2D eigenvalue weighted by molar-refractivity contribution is 0.424. The van der Waals surface area contributed by atoms with Crippen LogP contribution < -0.4 is 5.32 Å². The molecule has 112 valence electrons. The minimum atomic E-state index is 0.157. The zero-order chi connectivity index (χ0) is 15.3. The lowest BCUT2D eigenvalue weighted by Crippen LogP contribution is -2.29. The topological polar surface area (TPSA) is 32.3 Å². The highest BCUT2D eigenvalue weighted by molar-refractivity contribution is 6.36. The first kappa shape index (κ1) is 14.0. The van der Waals surface area contributed by atoms with Crippen molar-refractivity contribution in [2.45, 2.75) is 18.4 Å². The van der Waals surface area contributed by atoms with Crippen molar-refractivity contribution in [2.75, 3.05) is 5.32 Å². The van der Waals surface area contributed by atoms with E-state index in [-0.39, 0.29) is 17.7 Å². The third-order valence-corrected chi connectivity index (χ3v) is 5.31. The summed E-state index contributed by atoms with van der Waals surface area (Å²) in [7, 11) is 0. The fourth-order valence-electron chi connectivity index (χ4n) is 3.64. The molecule has 1 heterocycles. The van der Waals surface area contributed by atoms with E-state index in [4.69, 9.17) is 23.2 Å². The highest BCUT2D eigenvalue weighted by atomic mass is 35.5. The first-order chi connectivity index (χ1) is 10.6. The van der Waals surface area contributed by atoms with Crippen molar-refractivity contribution in [3.8, 4) is 5.75 Å². The molecule has 0 aromatic heterocycles. The summed E-state index contributed by atoms with van der Waals surface area (Å²) in [6.07, 6.45) is 5.46. The lowest BCUT2D eigenvalue weighted by atomic mass is 9.77. The van der Waals surface area contributed by atoms with Crippen LogP contribution in [-0.2, 0) is 0 Å². The molecule has 22 heavy (non-hydrogen) atoms. The Balaban J connectivity index is 1.84. The van der Waals surface area contributed by atoms with Gasteiger partial charge < -0.3 is 10.4 Å². The van der Waals surface area contributed by atoms with Crippen LogP contribution in [0.15, 0.2) is 48.6 Å². The van der Waals surface area contributed by atoms with Crippen LogP contribution in [0.1, 0.15) is 29.5 Å². The maximum atomic E-state index is 9.51. The van der Waals surface area contributed by atoms with Crippen LogP contribution in [0, 0.1) is 5.92 Å². The molecule has 0 fully saturated rings. The maximum absolute atomic E-state index is 9.51. The molecule has 4 rings (SSSR count). The second-order valence-electron chi connectivity index (χ2n) is 5.88. The molecule has 0 bridgehead atoms. The van der Waals surface area contributed by atoms with Gasteiger partial charge in [0.05, 0.1) is 16.8 Å². The van der Waals surface area contributed by atoms with Gasteiger partial charge in [-0.25, -0.2) is 0 Å². The zero-order valence-corrected chi connectivity index (χ0v) is 13.3. The average Bonchev–Trinajstić information content (AvgIpc) is 3.00. The van der Waals surface area contributed by atoms with Gasteiger partial charge in [-0.1, -0.05) is 47.5 Å². The van der Waals surface area contributed by atoms with Crippen LogP contribution in [0.5, 0.6) is 5.75 Å². The Hall–Kier alpha value is -1.64. The number of allylic oxidation sites excluding steroid dienone is 2. The molecule has 2 nitrogen and oxygen atoms in total. The second-order valence-corrected chi connectivity index (χ2v) is 6.70. The highest BCUT2D eigenvalue weighted by Crippen LogP contribution is 2.53. The smallest absolute Gasteiger partial charge is 0.115 e. The molecule has 1 aliphatic heterocycles. The van der Waals surface area contributed by atoms with Gasteiger partial charge in [0.2, 0.25) is 0 Å². The average molecular weight is 332 g/mol. The standard InChI is InChI=1S/C18H15Cl2NO/c19-14-8-9-15(20)18-16(14)12-2-1-3-13(12)17(21-18)10-4-6-11(22)7-5-10/h1-2,4-9,12-13,17,21-22H,3H2. The number of aromatic hydroxyl groups is 1. The quantitative estimate of drug-likeness (QED) is 0.674. The Morgan fingerprint density at radius 2 is 1.73 bits per heavy atom. The number of anilines is 1. The van der Waals surface area contributed by atoms with Crippen molar-refractivity contribution >= 4 is 28.9 Å². The third-order valence-electron chi connectivity index (χ3n) is 4.67. The minimum absolute atomic E-state index is 0.157. The van der Waals surface area contributed by atoms with Gasteiger partial charge in [0.25, 0.3) is 0 Å². The minimum Gasteiger partial charge on any atom is -0.508 e. The molecule has 3 unspecified atom stereocenters. The number of phenolic OH excluding ortho intramolecular Hbond substituents is 1. The summed E-state index contributed by atoms with van der Waals surface area (Å²) in [6.45, 7) is 0. The van der Waals surface area contributed by atoms with Crippen molar-refractivity contribution in [3.05, 3.63) is 69.7 Å². The summed E-state index contributed by atoms with van der Waals surface area (Å²) in [5.41, 5.74) is 3.18. The Bertz CT molecular complexity index is 754. The maximum Gasteiger partial charge on any atom is 0.115 e. The molecular weight excluding hydrogens is 317 g/mol. The highest BCUT2D eigenvalue weighted by Gasteiger charge is 2.39. The molecule has 2 aromatic rings. The summed E-state index contributed by atoms with van der Waals surface area (Å²) in [5.74, 6) is 0.969. The summed E-state index contributed by atoms with van der Waals surface area (Å²) in [6, 6.07) is 11.2. The zero-order valence-electron chi connectivity index (χ0n) is 11.8. The van der Waals surface area contributed by atoms with E-state index in [0.717, 1.165) is 28.3 Å². The van der Waals surface area contributed by atoms with E-state index in [1.54, 1.807) is 12.1 Å². The predicted octanol–water partition coefficient (Wildman–Crippen LogP) is 5.53. The van der Waals surface area contributed by atoms with Crippen LogP contribution in [0.25, 0.3) is 0 Å². The summed E-state index contributed by atoms with van der Waals surface area (Å²) in [5, 5.41) is 14.5. The van der Waals surface area contributed by atoms with Crippen molar-refractivity contribution in [2.24, 2.45) is 5.92 Å². The molecule has 3 atom stereocenters. The summed E-state index contributed by atoms with van der Waals surface area (Å²) >= 11 is 12.8. The number of hydrogen-bond donors (Lipinski definition) is 2. The van der Waals surface area contributed by atoms with E-state index in [1.807, 2.05) is 24.3 Å². The van der Waals surface area contributed by atoms with Gasteiger partial charge in [-0.3, -0.25) is 0 Å². The van der Waals surface area contributed by atoms with Crippen LogP contribution >= 0.6 is 23.2 Å². The second kappa shape index (κ2) is 5.22. The van der Waals surface area contributed by atoms with Gasteiger partial charge in [-0.15, -0.1) is 0 Å². The van der Waals surface area contributed by atoms with E-state index in [2.05, 4.69) is 17.5 Å². The first-order valence-corrected chi connectivity index (χ1v) is 8.11. The predicted molar refractivity (Wildman–Crippen MR) is 90.9 cm³/mol. The largest absolute Gasteiger partial charge is 0.508 e. The molecule has 0 spiro atoms. The van der Waals surface area contributed by atoms with Crippen LogP contribution in [0.2, 0.25) is 10.0 Å². The Morgan fingerprint density at radius 1 is 1.00 bits per heavy atom. The molecule has 0 radical (unpaired) electrons. The van der Waals surface area contributed by atoms with Crippen molar-refractivity contribution in [3.63, 3.8) is 0 Å². The van der Waals surface area contributed by atoms with Crippen molar-refractivity contribution in [1.29, 1.82) is 0 Å².